The molecule has 1 aromatic rings. The van der Waals surface area contributed by atoms with Crippen LogP contribution in [0.4, 0.5) is 10.5 Å². The van der Waals surface area contributed by atoms with E-state index < -0.39 is 0 Å². The van der Waals surface area contributed by atoms with E-state index in [1.54, 1.807) is 4.90 Å². The summed E-state index contributed by atoms with van der Waals surface area (Å²) in [6, 6.07) is 0. The highest BCUT2D eigenvalue weighted by Crippen LogP contribution is 2.08. The van der Waals surface area contributed by atoms with Crippen LogP contribution in [0.1, 0.15) is 12.2 Å². The van der Waals surface area contributed by atoms with Crippen LogP contribution in [0.3, 0.4) is 0 Å². The van der Waals surface area contributed by atoms with Gasteiger partial charge < -0.3 is 15.4 Å². The summed E-state index contributed by atoms with van der Waals surface area (Å²) in [7, 11) is 0. The fraction of sp³-hybridized carbons (Fsp3) is 0.444. The van der Waals surface area contributed by atoms with Crippen molar-refractivity contribution < 1.29 is 9.53 Å². The predicted octanol–water partition coefficient (Wildman–Crippen LogP) is 0.401. The van der Waals surface area contributed by atoms with Gasteiger partial charge in [-0.05, 0) is 6.42 Å². The van der Waals surface area contributed by atoms with Crippen molar-refractivity contribution in [2.75, 3.05) is 18.9 Å². The first-order valence-electron chi connectivity index (χ1n) is 4.74. The lowest BCUT2D eigenvalue weighted by atomic mass is 10.3. The second-order valence-corrected chi connectivity index (χ2v) is 3.32. The highest BCUT2D eigenvalue weighted by atomic mass is 16.6. The standard InChI is InChI=1S/C9H12N4O2/c10-7-4-11-8(12-5-7)6-13-2-1-3-15-9(13)14/h4-5H,1-3,6,10H2. The average Bonchev–Trinajstić information content (AvgIpc) is 2.25. The summed E-state index contributed by atoms with van der Waals surface area (Å²) >= 11 is 0. The number of anilines is 1. The Hall–Kier alpha value is -1.85. The predicted molar refractivity (Wildman–Crippen MR) is 52.8 cm³/mol. The molecule has 0 spiro atoms. The SMILES string of the molecule is Nc1cnc(CN2CCCOC2=O)nc1. The van der Waals surface area contributed by atoms with Crippen molar-refractivity contribution in [3.05, 3.63) is 18.2 Å². The van der Waals surface area contributed by atoms with Crippen molar-refractivity contribution in [1.82, 2.24) is 14.9 Å². The van der Waals surface area contributed by atoms with E-state index in [4.69, 9.17) is 10.5 Å². The number of cyclic esters (lactones) is 1. The third kappa shape index (κ3) is 2.34. The second-order valence-electron chi connectivity index (χ2n) is 3.32. The molecule has 2 N–H and O–H groups in total. The third-order valence-corrected chi connectivity index (χ3v) is 2.11. The summed E-state index contributed by atoms with van der Waals surface area (Å²) in [5, 5.41) is 0. The lowest BCUT2D eigenvalue weighted by molar-refractivity contribution is 0.0690. The molecule has 0 radical (unpaired) electrons. The van der Waals surface area contributed by atoms with Gasteiger partial charge in [-0.2, -0.15) is 0 Å². The Kier molecular flexibility index (Phi) is 2.66. The number of nitrogens with two attached hydrogens (primary N) is 1. The van der Waals surface area contributed by atoms with Gasteiger partial charge in [0.05, 0.1) is 31.2 Å². The molecule has 0 aliphatic carbocycles. The zero-order chi connectivity index (χ0) is 10.7. The van der Waals surface area contributed by atoms with Gasteiger partial charge in [-0.15, -0.1) is 0 Å². The minimum atomic E-state index is -0.304. The highest BCUT2D eigenvalue weighted by molar-refractivity contribution is 5.68. The van der Waals surface area contributed by atoms with Gasteiger partial charge in [0, 0.05) is 6.54 Å². The molecule has 0 atom stereocenters. The Morgan fingerprint density at radius 2 is 2.20 bits per heavy atom. The van der Waals surface area contributed by atoms with Gasteiger partial charge in [0.2, 0.25) is 0 Å². The molecule has 1 aliphatic heterocycles. The fourth-order valence-corrected chi connectivity index (χ4v) is 1.36. The van der Waals surface area contributed by atoms with E-state index >= 15 is 0 Å². The summed E-state index contributed by atoms with van der Waals surface area (Å²) in [6.45, 7) is 1.56. The van der Waals surface area contributed by atoms with Gasteiger partial charge in [0.25, 0.3) is 0 Å². The number of nitrogen functional groups attached to an aromatic ring is 1. The van der Waals surface area contributed by atoms with Crippen LogP contribution in [0.2, 0.25) is 0 Å². The molecule has 80 valence electrons. The Bertz CT molecular complexity index is 352. The summed E-state index contributed by atoms with van der Waals surface area (Å²) in [5.74, 6) is 0.572. The van der Waals surface area contributed by atoms with E-state index in [1.807, 2.05) is 0 Å². The topological polar surface area (TPSA) is 81.3 Å². The Labute approximate surface area is 87.1 Å². The van der Waals surface area contributed by atoms with Gasteiger partial charge in [-0.1, -0.05) is 0 Å². The highest BCUT2D eigenvalue weighted by Gasteiger charge is 2.20. The number of rotatable bonds is 2. The summed E-state index contributed by atoms with van der Waals surface area (Å²) < 4.78 is 4.89. The molecule has 0 saturated carbocycles. The first-order valence-corrected chi connectivity index (χ1v) is 4.74. The molecule has 2 heterocycles. The molecular weight excluding hydrogens is 196 g/mol. The van der Waals surface area contributed by atoms with E-state index in [0.717, 1.165) is 6.42 Å². The minimum absolute atomic E-state index is 0.304. The molecule has 6 heteroatoms. The van der Waals surface area contributed by atoms with Crippen molar-refractivity contribution in [2.45, 2.75) is 13.0 Å². The molecule has 1 aliphatic rings. The fourth-order valence-electron chi connectivity index (χ4n) is 1.36. The Morgan fingerprint density at radius 3 is 2.87 bits per heavy atom. The van der Waals surface area contributed by atoms with Gasteiger partial charge in [0.15, 0.2) is 0 Å². The molecule has 1 aromatic heterocycles. The van der Waals surface area contributed by atoms with Crippen LogP contribution in [0.5, 0.6) is 0 Å². The molecule has 0 aromatic carbocycles. The van der Waals surface area contributed by atoms with Crippen LogP contribution in [0.15, 0.2) is 12.4 Å². The lowest BCUT2D eigenvalue weighted by Crippen LogP contribution is -2.37. The number of hydrogen-bond acceptors (Lipinski definition) is 5. The molecule has 1 fully saturated rings. The largest absolute Gasteiger partial charge is 0.449 e. The van der Waals surface area contributed by atoms with Crippen LogP contribution in [0.25, 0.3) is 0 Å². The van der Waals surface area contributed by atoms with Crippen LogP contribution < -0.4 is 5.73 Å². The van der Waals surface area contributed by atoms with E-state index in [1.165, 1.54) is 12.4 Å². The number of ether oxygens (including phenoxy) is 1. The van der Waals surface area contributed by atoms with E-state index in [9.17, 15) is 4.79 Å². The first kappa shape index (κ1) is 9.70. The van der Waals surface area contributed by atoms with Crippen LogP contribution in [-0.4, -0.2) is 34.1 Å². The first-order chi connectivity index (χ1) is 7.25. The summed E-state index contributed by atoms with van der Waals surface area (Å²) in [5.41, 5.74) is 5.97. The number of aromatic nitrogens is 2. The Morgan fingerprint density at radius 1 is 1.47 bits per heavy atom. The van der Waals surface area contributed by atoms with Crippen molar-refractivity contribution in [3.8, 4) is 0 Å². The van der Waals surface area contributed by atoms with Gasteiger partial charge in [-0.3, -0.25) is 0 Å². The molecule has 0 bridgehead atoms. The molecule has 1 saturated heterocycles. The van der Waals surface area contributed by atoms with E-state index in [0.29, 0.717) is 31.2 Å². The minimum Gasteiger partial charge on any atom is -0.449 e. The van der Waals surface area contributed by atoms with Crippen molar-refractivity contribution in [1.29, 1.82) is 0 Å². The zero-order valence-corrected chi connectivity index (χ0v) is 8.22. The van der Waals surface area contributed by atoms with Gasteiger partial charge in [-0.25, -0.2) is 14.8 Å². The maximum absolute atomic E-state index is 11.3. The number of carbonyl (C=O) groups excluding carboxylic acids is 1. The lowest BCUT2D eigenvalue weighted by Gasteiger charge is -2.25. The molecule has 15 heavy (non-hydrogen) atoms. The Balaban J connectivity index is 2.01. The van der Waals surface area contributed by atoms with Gasteiger partial charge in [0.1, 0.15) is 5.82 Å². The number of hydrogen-bond donors (Lipinski definition) is 1. The monoisotopic (exact) mass is 208 g/mol. The van der Waals surface area contributed by atoms with Crippen LogP contribution in [0, 0.1) is 0 Å². The summed E-state index contributed by atoms with van der Waals surface area (Å²) in [6.07, 6.45) is 3.59. The van der Waals surface area contributed by atoms with Crippen LogP contribution in [-0.2, 0) is 11.3 Å². The molecular formula is C9H12N4O2. The third-order valence-electron chi connectivity index (χ3n) is 2.11. The second kappa shape index (κ2) is 4.12. The van der Waals surface area contributed by atoms with Crippen molar-refractivity contribution >= 4 is 11.8 Å². The van der Waals surface area contributed by atoms with Crippen molar-refractivity contribution in [3.63, 3.8) is 0 Å². The van der Waals surface area contributed by atoms with E-state index in [2.05, 4.69) is 9.97 Å². The number of carbonyl (C=O) groups is 1. The zero-order valence-electron chi connectivity index (χ0n) is 8.22. The molecule has 2 rings (SSSR count). The number of nitrogens with zero attached hydrogens (tertiary/aromatic N) is 3. The van der Waals surface area contributed by atoms with E-state index in [-0.39, 0.29) is 6.09 Å². The normalized spacial score (nSPS) is 16.3. The summed E-state index contributed by atoms with van der Waals surface area (Å²) in [4.78, 5) is 20.9. The molecule has 6 nitrogen and oxygen atoms in total. The quantitative estimate of drug-likeness (QED) is 0.760. The van der Waals surface area contributed by atoms with Crippen molar-refractivity contribution in [2.24, 2.45) is 0 Å². The maximum Gasteiger partial charge on any atom is 0.410 e. The van der Waals surface area contributed by atoms with Gasteiger partial charge >= 0.3 is 6.09 Å². The average molecular weight is 208 g/mol. The maximum atomic E-state index is 11.3. The molecule has 1 amide bonds. The van der Waals surface area contributed by atoms with Crippen LogP contribution >= 0.6 is 0 Å². The molecule has 0 unspecified atom stereocenters. The smallest absolute Gasteiger partial charge is 0.410 e. The number of amides is 1.